The van der Waals surface area contributed by atoms with Gasteiger partial charge in [-0.05, 0) is 43.3 Å². The second-order valence-electron chi connectivity index (χ2n) is 4.19. The van der Waals surface area contributed by atoms with Crippen molar-refractivity contribution in [1.29, 1.82) is 0 Å². The van der Waals surface area contributed by atoms with Crippen molar-refractivity contribution in [3.8, 4) is 5.75 Å². The zero-order valence-corrected chi connectivity index (χ0v) is 12.6. The molecule has 0 unspecified atom stereocenters. The maximum atomic E-state index is 12.2. The molecule has 0 aliphatic carbocycles. The fourth-order valence-electron chi connectivity index (χ4n) is 1.69. The second-order valence-corrected chi connectivity index (χ2v) is 5.87. The van der Waals surface area contributed by atoms with Crippen molar-refractivity contribution in [2.75, 3.05) is 23.7 Å². The molecule has 7 heteroatoms. The zero-order valence-electron chi connectivity index (χ0n) is 11.8. The van der Waals surface area contributed by atoms with Crippen molar-refractivity contribution < 1.29 is 13.2 Å². The van der Waals surface area contributed by atoms with Crippen LogP contribution >= 0.6 is 0 Å². The maximum absolute atomic E-state index is 12.2. The first-order valence-corrected chi connectivity index (χ1v) is 7.93. The van der Waals surface area contributed by atoms with Crippen LogP contribution in [0.3, 0.4) is 0 Å². The SMILES string of the molecule is CCOc1ccc(NS(=O)(=O)c2ccc(NC)nc2)cc1. The van der Waals surface area contributed by atoms with Crippen molar-refractivity contribution in [3.05, 3.63) is 42.6 Å². The van der Waals surface area contributed by atoms with Crippen molar-refractivity contribution in [1.82, 2.24) is 4.98 Å². The standard InChI is InChI=1S/C14H17N3O3S/c1-3-20-12-6-4-11(5-7-12)17-21(18,19)13-8-9-14(15-2)16-10-13/h4-10,17H,3H2,1-2H3,(H,15,16). The Kier molecular flexibility index (Phi) is 4.64. The van der Waals surface area contributed by atoms with Gasteiger partial charge in [0.25, 0.3) is 10.0 Å². The first-order valence-electron chi connectivity index (χ1n) is 6.44. The predicted octanol–water partition coefficient (Wildman–Crippen LogP) is 2.32. The molecule has 0 aliphatic heterocycles. The summed E-state index contributed by atoms with van der Waals surface area (Å²) >= 11 is 0. The summed E-state index contributed by atoms with van der Waals surface area (Å²) in [5.74, 6) is 1.30. The lowest BCUT2D eigenvalue weighted by atomic mass is 10.3. The van der Waals surface area contributed by atoms with Gasteiger partial charge in [-0.3, -0.25) is 4.72 Å². The molecule has 2 rings (SSSR count). The normalized spacial score (nSPS) is 11.0. The summed E-state index contributed by atoms with van der Waals surface area (Å²) in [6.07, 6.45) is 1.31. The minimum Gasteiger partial charge on any atom is -0.494 e. The Morgan fingerprint density at radius 3 is 2.38 bits per heavy atom. The molecular formula is C14H17N3O3S. The quantitative estimate of drug-likeness (QED) is 0.856. The summed E-state index contributed by atoms with van der Waals surface area (Å²) in [5, 5.41) is 2.83. The van der Waals surface area contributed by atoms with E-state index in [1.165, 1.54) is 12.3 Å². The molecule has 21 heavy (non-hydrogen) atoms. The number of rotatable bonds is 6. The second kappa shape index (κ2) is 6.45. The van der Waals surface area contributed by atoms with Crippen LogP contribution in [-0.4, -0.2) is 27.1 Å². The Morgan fingerprint density at radius 1 is 1.14 bits per heavy atom. The molecule has 0 amide bonds. The van der Waals surface area contributed by atoms with Crippen LogP contribution in [0.2, 0.25) is 0 Å². The summed E-state index contributed by atoms with van der Waals surface area (Å²) in [4.78, 5) is 4.10. The number of hydrogen-bond donors (Lipinski definition) is 2. The fourth-order valence-corrected chi connectivity index (χ4v) is 2.69. The number of aromatic nitrogens is 1. The van der Waals surface area contributed by atoms with Crippen LogP contribution < -0.4 is 14.8 Å². The average molecular weight is 307 g/mol. The first-order chi connectivity index (χ1) is 10.0. The van der Waals surface area contributed by atoms with Gasteiger partial charge in [-0.15, -0.1) is 0 Å². The molecule has 1 heterocycles. The number of hydrogen-bond acceptors (Lipinski definition) is 5. The van der Waals surface area contributed by atoms with E-state index in [4.69, 9.17) is 4.74 Å². The van der Waals surface area contributed by atoms with E-state index in [1.54, 1.807) is 37.4 Å². The Morgan fingerprint density at radius 2 is 1.86 bits per heavy atom. The summed E-state index contributed by atoms with van der Waals surface area (Å²) in [7, 11) is -1.93. The van der Waals surface area contributed by atoms with Gasteiger partial charge in [0.2, 0.25) is 0 Å². The van der Waals surface area contributed by atoms with Crippen LogP contribution in [0.15, 0.2) is 47.5 Å². The van der Waals surface area contributed by atoms with Crippen LogP contribution in [-0.2, 0) is 10.0 Å². The van der Waals surface area contributed by atoms with Crippen molar-refractivity contribution in [2.24, 2.45) is 0 Å². The van der Waals surface area contributed by atoms with E-state index in [2.05, 4.69) is 15.0 Å². The molecule has 1 aromatic heterocycles. The van der Waals surface area contributed by atoms with Gasteiger partial charge in [-0.1, -0.05) is 0 Å². The largest absolute Gasteiger partial charge is 0.494 e. The summed E-state index contributed by atoms with van der Waals surface area (Å²) < 4.78 is 32.2. The van der Waals surface area contributed by atoms with Crippen molar-refractivity contribution in [2.45, 2.75) is 11.8 Å². The number of sulfonamides is 1. The molecule has 0 aliphatic rings. The molecule has 1 aromatic carbocycles. The molecule has 0 saturated carbocycles. The van der Waals surface area contributed by atoms with Crippen LogP contribution in [0.25, 0.3) is 0 Å². The highest BCUT2D eigenvalue weighted by Crippen LogP contribution is 2.19. The molecule has 2 aromatic rings. The molecule has 0 spiro atoms. The van der Waals surface area contributed by atoms with E-state index >= 15 is 0 Å². The number of ether oxygens (including phenoxy) is 1. The van der Waals surface area contributed by atoms with Gasteiger partial charge in [0.05, 0.1) is 6.61 Å². The molecular weight excluding hydrogens is 290 g/mol. The number of benzene rings is 1. The van der Waals surface area contributed by atoms with Gasteiger partial charge in [0.1, 0.15) is 16.5 Å². The topological polar surface area (TPSA) is 80.3 Å². The fraction of sp³-hybridized carbons (Fsp3) is 0.214. The lowest BCUT2D eigenvalue weighted by molar-refractivity contribution is 0.340. The summed E-state index contributed by atoms with van der Waals surface area (Å²) in [6.45, 7) is 2.45. The number of anilines is 2. The van der Waals surface area contributed by atoms with E-state index < -0.39 is 10.0 Å². The Balaban J connectivity index is 2.16. The van der Waals surface area contributed by atoms with Crippen LogP contribution in [0.4, 0.5) is 11.5 Å². The van der Waals surface area contributed by atoms with Gasteiger partial charge in [-0.2, -0.15) is 0 Å². The molecule has 0 atom stereocenters. The molecule has 0 fully saturated rings. The molecule has 112 valence electrons. The highest BCUT2D eigenvalue weighted by Gasteiger charge is 2.14. The third-order valence-electron chi connectivity index (χ3n) is 2.72. The minimum absolute atomic E-state index is 0.107. The average Bonchev–Trinajstić information content (AvgIpc) is 2.49. The predicted molar refractivity (Wildman–Crippen MR) is 82.2 cm³/mol. The van der Waals surface area contributed by atoms with Gasteiger partial charge in [0, 0.05) is 18.9 Å². The van der Waals surface area contributed by atoms with E-state index in [0.29, 0.717) is 23.9 Å². The first kappa shape index (κ1) is 15.1. The zero-order chi connectivity index (χ0) is 15.3. The Labute approximate surface area is 124 Å². The molecule has 0 bridgehead atoms. The van der Waals surface area contributed by atoms with Crippen LogP contribution in [0.1, 0.15) is 6.92 Å². The molecule has 0 saturated heterocycles. The highest BCUT2D eigenvalue weighted by molar-refractivity contribution is 7.92. The highest BCUT2D eigenvalue weighted by atomic mass is 32.2. The number of nitrogens with one attached hydrogen (secondary N) is 2. The summed E-state index contributed by atoms with van der Waals surface area (Å²) in [5.41, 5.74) is 0.469. The third-order valence-corrected chi connectivity index (χ3v) is 4.09. The molecule has 6 nitrogen and oxygen atoms in total. The van der Waals surface area contributed by atoms with Crippen molar-refractivity contribution >= 4 is 21.5 Å². The van der Waals surface area contributed by atoms with Crippen molar-refractivity contribution in [3.63, 3.8) is 0 Å². The molecule has 2 N–H and O–H groups in total. The van der Waals surface area contributed by atoms with Crippen LogP contribution in [0, 0.1) is 0 Å². The lowest BCUT2D eigenvalue weighted by Crippen LogP contribution is -2.13. The van der Waals surface area contributed by atoms with Gasteiger partial charge in [-0.25, -0.2) is 13.4 Å². The molecule has 0 radical (unpaired) electrons. The van der Waals surface area contributed by atoms with Gasteiger partial charge in [0.15, 0.2) is 0 Å². The Bertz CT molecular complexity index is 682. The number of pyridine rings is 1. The van der Waals surface area contributed by atoms with Gasteiger partial charge >= 0.3 is 0 Å². The monoisotopic (exact) mass is 307 g/mol. The van der Waals surface area contributed by atoms with E-state index in [-0.39, 0.29) is 4.90 Å². The Hall–Kier alpha value is -2.28. The smallest absolute Gasteiger partial charge is 0.263 e. The van der Waals surface area contributed by atoms with E-state index in [9.17, 15) is 8.42 Å². The van der Waals surface area contributed by atoms with Gasteiger partial charge < -0.3 is 10.1 Å². The number of nitrogens with zero attached hydrogens (tertiary/aromatic N) is 1. The lowest BCUT2D eigenvalue weighted by Gasteiger charge is -2.09. The van der Waals surface area contributed by atoms with E-state index in [0.717, 1.165) is 0 Å². The van der Waals surface area contributed by atoms with Crippen LogP contribution in [0.5, 0.6) is 5.75 Å². The van der Waals surface area contributed by atoms with E-state index in [1.807, 2.05) is 6.92 Å². The minimum atomic E-state index is -3.64. The maximum Gasteiger partial charge on any atom is 0.263 e. The third kappa shape index (κ3) is 3.85. The summed E-state index contributed by atoms with van der Waals surface area (Å²) in [6, 6.07) is 9.83.